The lowest BCUT2D eigenvalue weighted by Gasteiger charge is -2.13. The molecule has 16 heavy (non-hydrogen) atoms. The highest BCUT2D eigenvalue weighted by molar-refractivity contribution is 9.10. The minimum Gasteiger partial charge on any atom is -0.274 e. The molecule has 7 heteroatoms. The SMILES string of the molecule is CON(C)C(=O)c1cc(Br)cc([N+](=O)[O-])c1. The van der Waals surface area contributed by atoms with Crippen molar-refractivity contribution in [1.29, 1.82) is 0 Å². The van der Waals surface area contributed by atoms with Crippen LogP contribution in [0.15, 0.2) is 22.7 Å². The lowest BCUT2D eigenvalue weighted by Crippen LogP contribution is -2.25. The second-order valence-corrected chi connectivity index (χ2v) is 3.86. The minimum atomic E-state index is -0.561. The summed E-state index contributed by atoms with van der Waals surface area (Å²) >= 11 is 3.10. The topological polar surface area (TPSA) is 72.7 Å². The Morgan fingerprint density at radius 1 is 1.50 bits per heavy atom. The molecular formula is C9H9BrN2O4. The van der Waals surface area contributed by atoms with Crippen LogP contribution in [0, 0.1) is 10.1 Å². The number of carbonyl (C=O) groups is 1. The molecule has 0 radical (unpaired) electrons. The molecule has 0 saturated heterocycles. The normalized spacial score (nSPS) is 9.94. The van der Waals surface area contributed by atoms with Gasteiger partial charge in [-0.25, -0.2) is 5.06 Å². The highest BCUT2D eigenvalue weighted by Crippen LogP contribution is 2.22. The van der Waals surface area contributed by atoms with Gasteiger partial charge >= 0.3 is 0 Å². The third-order valence-electron chi connectivity index (χ3n) is 1.90. The summed E-state index contributed by atoms with van der Waals surface area (Å²) in [5, 5.41) is 11.6. The van der Waals surface area contributed by atoms with Crippen LogP contribution in [0.5, 0.6) is 0 Å². The predicted molar refractivity (Wildman–Crippen MR) is 59.9 cm³/mol. The van der Waals surface area contributed by atoms with E-state index in [9.17, 15) is 14.9 Å². The molecule has 1 rings (SSSR count). The van der Waals surface area contributed by atoms with E-state index in [0.29, 0.717) is 4.47 Å². The third kappa shape index (κ3) is 2.77. The van der Waals surface area contributed by atoms with E-state index >= 15 is 0 Å². The second-order valence-electron chi connectivity index (χ2n) is 2.94. The van der Waals surface area contributed by atoms with Crippen LogP contribution in [0.3, 0.4) is 0 Å². The zero-order chi connectivity index (χ0) is 12.3. The average molecular weight is 289 g/mol. The Labute approximate surface area is 100 Å². The number of hydrogen-bond donors (Lipinski definition) is 0. The molecule has 0 N–H and O–H groups in total. The second kappa shape index (κ2) is 5.04. The van der Waals surface area contributed by atoms with Crippen molar-refractivity contribution < 1.29 is 14.6 Å². The Bertz CT molecular complexity index is 436. The summed E-state index contributed by atoms with van der Waals surface area (Å²) in [7, 11) is 2.76. The van der Waals surface area contributed by atoms with Crippen LogP contribution >= 0.6 is 15.9 Å². The van der Waals surface area contributed by atoms with E-state index in [2.05, 4.69) is 15.9 Å². The van der Waals surface area contributed by atoms with Crippen molar-refractivity contribution in [3.05, 3.63) is 38.3 Å². The minimum absolute atomic E-state index is 0.151. The first kappa shape index (κ1) is 12.6. The summed E-state index contributed by atoms with van der Waals surface area (Å²) < 4.78 is 0.467. The summed E-state index contributed by atoms with van der Waals surface area (Å²) in [4.78, 5) is 26.4. The van der Waals surface area contributed by atoms with Gasteiger partial charge in [0.25, 0.3) is 11.6 Å². The molecule has 0 fully saturated rings. The van der Waals surface area contributed by atoms with E-state index in [0.717, 1.165) is 5.06 Å². The summed E-state index contributed by atoms with van der Waals surface area (Å²) in [6, 6.07) is 4.01. The molecule has 1 aromatic carbocycles. The first-order chi connectivity index (χ1) is 7.45. The van der Waals surface area contributed by atoms with E-state index < -0.39 is 10.8 Å². The third-order valence-corrected chi connectivity index (χ3v) is 2.36. The van der Waals surface area contributed by atoms with Gasteiger partial charge in [-0.05, 0) is 6.07 Å². The van der Waals surface area contributed by atoms with Crippen molar-refractivity contribution in [2.75, 3.05) is 14.2 Å². The van der Waals surface area contributed by atoms with Crippen molar-refractivity contribution in [2.24, 2.45) is 0 Å². The van der Waals surface area contributed by atoms with Crippen molar-refractivity contribution >= 4 is 27.5 Å². The van der Waals surface area contributed by atoms with Gasteiger partial charge in [0, 0.05) is 29.2 Å². The molecule has 0 aromatic heterocycles. The molecule has 86 valence electrons. The quantitative estimate of drug-likeness (QED) is 0.630. The van der Waals surface area contributed by atoms with Crippen LogP contribution in [0.2, 0.25) is 0 Å². The zero-order valence-electron chi connectivity index (χ0n) is 8.64. The number of halogens is 1. The van der Waals surface area contributed by atoms with Gasteiger partial charge in [0.2, 0.25) is 0 Å². The fraction of sp³-hybridized carbons (Fsp3) is 0.222. The van der Waals surface area contributed by atoms with Gasteiger partial charge in [0.05, 0.1) is 12.0 Å². The number of rotatable bonds is 3. The van der Waals surface area contributed by atoms with Gasteiger partial charge in [-0.3, -0.25) is 19.7 Å². The summed E-state index contributed by atoms with van der Waals surface area (Å²) in [6.45, 7) is 0. The monoisotopic (exact) mass is 288 g/mol. The molecule has 0 spiro atoms. The standard InChI is InChI=1S/C9H9BrN2O4/c1-11(16-2)9(13)6-3-7(10)5-8(4-6)12(14)15/h3-5H,1-2H3. The molecule has 0 aliphatic carbocycles. The lowest BCUT2D eigenvalue weighted by atomic mass is 10.2. The first-order valence-electron chi connectivity index (χ1n) is 4.23. The van der Waals surface area contributed by atoms with Gasteiger partial charge in [0.1, 0.15) is 0 Å². The predicted octanol–water partition coefficient (Wildman–Crippen LogP) is 1.99. The molecule has 0 bridgehead atoms. The molecular weight excluding hydrogens is 280 g/mol. The number of amides is 1. The molecule has 0 aliphatic heterocycles. The number of hydroxylamine groups is 2. The van der Waals surface area contributed by atoms with Crippen molar-refractivity contribution in [3.8, 4) is 0 Å². The highest BCUT2D eigenvalue weighted by Gasteiger charge is 2.16. The molecule has 0 aliphatic rings. The van der Waals surface area contributed by atoms with Crippen LogP contribution in [-0.2, 0) is 4.84 Å². The Balaban J connectivity index is 3.14. The maximum atomic E-state index is 11.7. The smallest absolute Gasteiger partial charge is 0.274 e. The van der Waals surface area contributed by atoms with Gasteiger partial charge in [-0.15, -0.1) is 0 Å². The fourth-order valence-corrected chi connectivity index (χ4v) is 1.55. The number of hydrogen-bond acceptors (Lipinski definition) is 4. The molecule has 6 nitrogen and oxygen atoms in total. The number of nitro groups is 1. The van der Waals surface area contributed by atoms with Gasteiger partial charge in [0.15, 0.2) is 0 Å². The van der Waals surface area contributed by atoms with Crippen LogP contribution in [0.4, 0.5) is 5.69 Å². The molecule has 1 aromatic rings. The Kier molecular flexibility index (Phi) is 3.97. The van der Waals surface area contributed by atoms with Crippen LogP contribution in [0.1, 0.15) is 10.4 Å². The zero-order valence-corrected chi connectivity index (χ0v) is 10.2. The molecule has 0 unspecified atom stereocenters. The summed E-state index contributed by atoms with van der Waals surface area (Å²) in [6.07, 6.45) is 0. The van der Waals surface area contributed by atoms with Gasteiger partial charge < -0.3 is 0 Å². The molecule has 0 heterocycles. The van der Waals surface area contributed by atoms with Crippen molar-refractivity contribution in [3.63, 3.8) is 0 Å². The van der Waals surface area contributed by atoms with E-state index in [-0.39, 0.29) is 11.3 Å². The number of carbonyl (C=O) groups excluding carboxylic acids is 1. The Hall–Kier alpha value is -1.47. The fourth-order valence-electron chi connectivity index (χ4n) is 1.07. The lowest BCUT2D eigenvalue weighted by molar-refractivity contribution is -0.385. The summed E-state index contributed by atoms with van der Waals surface area (Å²) in [5.41, 5.74) is 0.0349. The van der Waals surface area contributed by atoms with Crippen LogP contribution in [-0.4, -0.2) is 30.1 Å². The van der Waals surface area contributed by atoms with Crippen LogP contribution in [0.25, 0.3) is 0 Å². The number of nitrogens with zero attached hydrogens (tertiary/aromatic N) is 2. The maximum Gasteiger partial charge on any atom is 0.277 e. The van der Waals surface area contributed by atoms with E-state index in [1.807, 2.05) is 0 Å². The largest absolute Gasteiger partial charge is 0.277 e. The number of non-ortho nitro benzene ring substituents is 1. The molecule has 1 amide bonds. The maximum absolute atomic E-state index is 11.7. The highest BCUT2D eigenvalue weighted by atomic mass is 79.9. The van der Waals surface area contributed by atoms with Gasteiger partial charge in [-0.1, -0.05) is 15.9 Å². The van der Waals surface area contributed by atoms with Gasteiger partial charge in [-0.2, -0.15) is 0 Å². The average Bonchev–Trinajstić information content (AvgIpc) is 2.26. The first-order valence-corrected chi connectivity index (χ1v) is 5.02. The number of benzene rings is 1. The van der Waals surface area contributed by atoms with E-state index in [1.165, 1.54) is 32.4 Å². The van der Waals surface area contributed by atoms with E-state index in [1.54, 1.807) is 0 Å². The Morgan fingerprint density at radius 3 is 2.62 bits per heavy atom. The van der Waals surface area contributed by atoms with Crippen LogP contribution < -0.4 is 0 Å². The molecule has 0 saturated carbocycles. The van der Waals surface area contributed by atoms with Crippen molar-refractivity contribution in [2.45, 2.75) is 0 Å². The molecule has 0 atom stereocenters. The Morgan fingerprint density at radius 2 is 2.12 bits per heavy atom. The van der Waals surface area contributed by atoms with Crippen molar-refractivity contribution in [1.82, 2.24) is 5.06 Å². The number of nitro benzene ring substituents is 1. The van der Waals surface area contributed by atoms with E-state index in [4.69, 9.17) is 4.84 Å². The summed E-state index contributed by atoms with van der Waals surface area (Å²) in [5.74, 6) is -0.452.